The minimum absolute atomic E-state index is 0.657. The Morgan fingerprint density at radius 1 is 0.737 bits per heavy atom. The molecule has 0 amide bonds. The molecule has 2 aromatic heterocycles. The van der Waals surface area contributed by atoms with Gasteiger partial charge in [-0.25, -0.2) is 4.68 Å². The summed E-state index contributed by atoms with van der Waals surface area (Å²) in [6.07, 6.45) is 1.80. The van der Waals surface area contributed by atoms with Crippen LogP contribution in [0, 0.1) is 0 Å². The van der Waals surface area contributed by atoms with Gasteiger partial charge in [-0.15, -0.1) is 0 Å². The molecular weight excluding hydrogens is 478 g/mol. The number of piperazine rings is 1. The zero-order chi connectivity index (χ0) is 25.9. The summed E-state index contributed by atoms with van der Waals surface area (Å²) in [6, 6.07) is 26.2. The van der Waals surface area contributed by atoms with Crippen LogP contribution in [0.5, 0.6) is 11.5 Å². The molecule has 0 saturated carbocycles. The van der Waals surface area contributed by atoms with Crippen LogP contribution in [0.25, 0.3) is 16.7 Å². The lowest BCUT2D eigenvalue weighted by molar-refractivity contribution is 0.405. The fraction of sp³-hybridized carbons (Fsp3) is 0.207. The van der Waals surface area contributed by atoms with E-state index in [1.807, 2.05) is 59.3 Å². The van der Waals surface area contributed by atoms with Crippen molar-refractivity contribution in [1.82, 2.24) is 19.7 Å². The Kier molecular flexibility index (Phi) is 6.39. The largest absolute Gasteiger partial charge is 0.497 e. The second-order valence-electron chi connectivity index (χ2n) is 9.00. The topological polar surface area (TPSA) is 80.6 Å². The van der Waals surface area contributed by atoms with E-state index in [1.54, 1.807) is 20.4 Å². The minimum Gasteiger partial charge on any atom is -0.497 e. The van der Waals surface area contributed by atoms with Crippen molar-refractivity contribution in [2.75, 3.05) is 55.5 Å². The molecule has 1 saturated heterocycles. The molecule has 9 nitrogen and oxygen atoms in total. The molecule has 6 rings (SSSR count). The van der Waals surface area contributed by atoms with Crippen molar-refractivity contribution in [3.05, 3.63) is 85.1 Å². The predicted molar refractivity (Wildman–Crippen MR) is 150 cm³/mol. The molecule has 1 aliphatic heterocycles. The highest BCUT2D eigenvalue weighted by atomic mass is 16.5. The third-order valence-electron chi connectivity index (χ3n) is 6.76. The molecule has 38 heavy (non-hydrogen) atoms. The zero-order valence-corrected chi connectivity index (χ0v) is 21.4. The number of aromatic nitrogens is 4. The lowest BCUT2D eigenvalue weighted by Crippen LogP contribution is -2.47. The van der Waals surface area contributed by atoms with E-state index in [2.05, 4.69) is 44.5 Å². The first-order valence-electron chi connectivity index (χ1n) is 12.6. The molecule has 9 heteroatoms. The van der Waals surface area contributed by atoms with Crippen molar-refractivity contribution >= 4 is 34.2 Å². The van der Waals surface area contributed by atoms with E-state index < -0.39 is 0 Å². The molecule has 0 atom stereocenters. The number of fused-ring (bicyclic) bond motifs is 1. The fourth-order valence-corrected chi connectivity index (χ4v) is 4.73. The number of hydrogen-bond donors (Lipinski definition) is 1. The van der Waals surface area contributed by atoms with Crippen LogP contribution >= 0.6 is 0 Å². The van der Waals surface area contributed by atoms with Crippen LogP contribution in [0.1, 0.15) is 0 Å². The molecule has 0 unspecified atom stereocenters. The van der Waals surface area contributed by atoms with Crippen LogP contribution in [-0.2, 0) is 0 Å². The molecule has 1 aliphatic rings. The van der Waals surface area contributed by atoms with E-state index in [0.717, 1.165) is 54.3 Å². The van der Waals surface area contributed by atoms with Gasteiger partial charge in [0.25, 0.3) is 0 Å². The minimum atomic E-state index is 0.657. The molecule has 0 spiro atoms. The zero-order valence-electron chi connectivity index (χ0n) is 21.4. The molecule has 0 radical (unpaired) electrons. The van der Waals surface area contributed by atoms with Crippen molar-refractivity contribution in [1.29, 1.82) is 0 Å². The number of rotatable bonds is 7. The molecule has 1 fully saturated rings. The smallest absolute Gasteiger partial charge is 0.229 e. The Morgan fingerprint density at radius 3 is 2.11 bits per heavy atom. The number of para-hydroxylation sites is 2. The Hall–Kier alpha value is -4.79. The van der Waals surface area contributed by atoms with Gasteiger partial charge in [0.2, 0.25) is 5.95 Å². The summed E-state index contributed by atoms with van der Waals surface area (Å²) in [5.41, 5.74) is 3.65. The summed E-state index contributed by atoms with van der Waals surface area (Å²) in [6.45, 7) is 3.38. The summed E-state index contributed by atoms with van der Waals surface area (Å²) in [5, 5.41) is 8.96. The highest BCUT2D eigenvalue weighted by Crippen LogP contribution is 2.34. The summed E-state index contributed by atoms with van der Waals surface area (Å²) < 4.78 is 12.9. The van der Waals surface area contributed by atoms with E-state index in [1.165, 1.54) is 5.69 Å². The normalized spacial score (nSPS) is 13.5. The van der Waals surface area contributed by atoms with Crippen LogP contribution in [-0.4, -0.2) is 60.1 Å². The maximum absolute atomic E-state index is 5.61. The van der Waals surface area contributed by atoms with Crippen molar-refractivity contribution in [2.24, 2.45) is 0 Å². The van der Waals surface area contributed by atoms with E-state index in [0.29, 0.717) is 17.5 Å². The summed E-state index contributed by atoms with van der Waals surface area (Å²) in [5.74, 6) is 2.72. The Bertz CT molecular complexity index is 1530. The summed E-state index contributed by atoms with van der Waals surface area (Å²) in [4.78, 5) is 14.6. The van der Waals surface area contributed by atoms with E-state index in [-0.39, 0.29) is 0 Å². The van der Waals surface area contributed by atoms with Gasteiger partial charge in [0.15, 0.2) is 5.65 Å². The average molecular weight is 508 g/mol. The lowest BCUT2D eigenvalue weighted by Gasteiger charge is -2.36. The first-order valence-corrected chi connectivity index (χ1v) is 12.6. The van der Waals surface area contributed by atoms with Gasteiger partial charge in [-0.1, -0.05) is 36.4 Å². The van der Waals surface area contributed by atoms with Crippen molar-refractivity contribution in [2.45, 2.75) is 0 Å². The highest BCUT2D eigenvalue weighted by molar-refractivity contribution is 5.91. The Labute approximate surface area is 221 Å². The quantitative estimate of drug-likeness (QED) is 0.333. The molecule has 0 bridgehead atoms. The standard InChI is InChI=1S/C29H29N7O2/c1-37-23-13-14-26(38-2)25(19-23)31-27-24-20-30-36(22-11-7-4-8-12-22)28(24)33-29(32-27)35-17-15-34(16-18-35)21-9-5-3-6-10-21/h3-14,19-20H,15-18H2,1-2H3,(H,31,32,33). The van der Waals surface area contributed by atoms with Gasteiger partial charge in [-0.3, -0.25) is 0 Å². The highest BCUT2D eigenvalue weighted by Gasteiger charge is 2.23. The number of ether oxygens (including phenoxy) is 2. The molecule has 3 heterocycles. The average Bonchev–Trinajstić information content (AvgIpc) is 3.42. The van der Waals surface area contributed by atoms with Gasteiger partial charge in [0.1, 0.15) is 17.3 Å². The maximum atomic E-state index is 5.61. The third kappa shape index (κ3) is 4.54. The van der Waals surface area contributed by atoms with E-state index in [9.17, 15) is 0 Å². The number of methoxy groups -OCH3 is 2. The van der Waals surface area contributed by atoms with Crippen LogP contribution in [0.2, 0.25) is 0 Å². The summed E-state index contributed by atoms with van der Waals surface area (Å²) >= 11 is 0. The van der Waals surface area contributed by atoms with Gasteiger partial charge in [0, 0.05) is 37.9 Å². The molecule has 0 aliphatic carbocycles. The van der Waals surface area contributed by atoms with Crippen molar-refractivity contribution in [3.8, 4) is 17.2 Å². The van der Waals surface area contributed by atoms with Gasteiger partial charge in [-0.05, 0) is 36.4 Å². The number of anilines is 4. The van der Waals surface area contributed by atoms with Crippen LogP contribution in [0.15, 0.2) is 85.1 Å². The van der Waals surface area contributed by atoms with Crippen LogP contribution in [0.3, 0.4) is 0 Å². The lowest BCUT2D eigenvalue weighted by atomic mass is 10.2. The van der Waals surface area contributed by atoms with Crippen molar-refractivity contribution < 1.29 is 9.47 Å². The van der Waals surface area contributed by atoms with E-state index in [4.69, 9.17) is 19.4 Å². The molecule has 5 aromatic rings. The first kappa shape index (κ1) is 23.6. The number of nitrogens with one attached hydrogen (secondary N) is 1. The monoisotopic (exact) mass is 507 g/mol. The van der Waals surface area contributed by atoms with Crippen LogP contribution in [0.4, 0.5) is 23.1 Å². The Balaban J connectivity index is 1.39. The van der Waals surface area contributed by atoms with Gasteiger partial charge in [0.05, 0.1) is 37.2 Å². The Morgan fingerprint density at radius 2 is 1.42 bits per heavy atom. The SMILES string of the molecule is COc1ccc(OC)c(Nc2nc(N3CCN(c4ccccc4)CC3)nc3c2cnn3-c2ccccc2)c1. The maximum Gasteiger partial charge on any atom is 0.229 e. The van der Waals surface area contributed by atoms with Gasteiger partial charge in [-0.2, -0.15) is 15.1 Å². The second-order valence-corrected chi connectivity index (χ2v) is 9.00. The molecular formula is C29H29N7O2. The van der Waals surface area contributed by atoms with E-state index >= 15 is 0 Å². The van der Waals surface area contributed by atoms with Crippen LogP contribution < -0.4 is 24.6 Å². The third-order valence-corrected chi connectivity index (χ3v) is 6.76. The summed E-state index contributed by atoms with van der Waals surface area (Å²) in [7, 11) is 3.29. The number of hydrogen-bond acceptors (Lipinski definition) is 8. The second kappa shape index (κ2) is 10.3. The number of benzene rings is 3. The van der Waals surface area contributed by atoms with Crippen molar-refractivity contribution in [3.63, 3.8) is 0 Å². The predicted octanol–water partition coefficient (Wildman–Crippen LogP) is 4.90. The fourth-order valence-electron chi connectivity index (χ4n) is 4.73. The first-order chi connectivity index (χ1) is 18.7. The molecule has 192 valence electrons. The number of nitrogens with zero attached hydrogens (tertiary/aromatic N) is 6. The van der Waals surface area contributed by atoms with Gasteiger partial charge >= 0.3 is 0 Å². The molecule has 1 N–H and O–H groups in total. The molecule has 3 aromatic carbocycles. The van der Waals surface area contributed by atoms with Gasteiger partial charge < -0.3 is 24.6 Å².